The van der Waals surface area contributed by atoms with Crippen molar-refractivity contribution >= 4 is 8.78 Å². The minimum absolute atomic E-state index is 0. The van der Waals surface area contributed by atoms with Gasteiger partial charge < -0.3 is 24.8 Å². The minimum atomic E-state index is -2.02. The molecule has 202 valence electrons. The maximum absolute atomic E-state index is 2.65. The van der Waals surface area contributed by atoms with Crippen molar-refractivity contribution in [3.05, 3.63) is 85.8 Å². The molecule has 0 aliphatic heterocycles. The second-order valence-corrected chi connectivity index (χ2v) is 20.5. The molecule has 3 unspecified atom stereocenters. The molecule has 0 N–H and O–H groups in total. The normalized spacial score (nSPS) is 36.3. The maximum Gasteiger partial charge on any atom is -1.00 e. The van der Waals surface area contributed by atoms with E-state index in [1.54, 1.807) is 54.4 Å². The van der Waals surface area contributed by atoms with Gasteiger partial charge >= 0.3 is 232 Å². The van der Waals surface area contributed by atoms with Crippen molar-refractivity contribution in [2.24, 2.45) is 35.5 Å². The fourth-order valence-electron chi connectivity index (χ4n) is 11.0. The van der Waals surface area contributed by atoms with Crippen molar-refractivity contribution in [3.63, 3.8) is 0 Å². The fraction of sp³-hybridized carbons (Fsp3) is 0.528. The van der Waals surface area contributed by atoms with Crippen molar-refractivity contribution in [2.75, 3.05) is 0 Å². The zero-order valence-electron chi connectivity index (χ0n) is 23.0. The second kappa shape index (κ2) is 10.5. The van der Waals surface area contributed by atoms with Crippen LogP contribution < -0.4 is 24.8 Å². The van der Waals surface area contributed by atoms with Gasteiger partial charge in [-0.2, -0.15) is 0 Å². The summed E-state index contributed by atoms with van der Waals surface area (Å²) in [7, 11) is 0. The minimum Gasteiger partial charge on any atom is -1.00 e. The van der Waals surface area contributed by atoms with Crippen LogP contribution in [0.2, 0.25) is 3.63 Å². The molecule has 0 aromatic heterocycles. The predicted octanol–water partition coefficient (Wildman–Crippen LogP) is 2.96. The molecule has 5 saturated carbocycles. The van der Waals surface area contributed by atoms with Crippen molar-refractivity contribution < 1.29 is 46.1 Å². The monoisotopic (exact) mass is 632 g/mol. The molecule has 0 heterocycles. The van der Waals surface area contributed by atoms with Crippen LogP contribution in [-0.2, 0) is 27.7 Å². The Labute approximate surface area is 255 Å². The Morgan fingerprint density at radius 2 is 1.59 bits per heavy atom. The van der Waals surface area contributed by atoms with Gasteiger partial charge in [-0.1, -0.05) is 0 Å². The van der Waals surface area contributed by atoms with E-state index in [1.807, 2.05) is 14.4 Å². The molecule has 1 aromatic rings. The summed E-state index contributed by atoms with van der Waals surface area (Å²) in [6.45, 7) is 0. The van der Waals surface area contributed by atoms with E-state index in [-0.39, 0.29) is 24.8 Å². The fourth-order valence-corrected chi connectivity index (χ4v) is 21.8. The third-order valence-electron chi connectivity index (χ3n) is 12.0. The van der Waals surface area contributed by atoms with E-state index in [2.05, 4.69) is 57.9 Å². The van der Waals surface area contributed by atoms with Gasteiger partial charge in [0.15, 0.2) is 0 Å². The average molecular weight is 635 g/mol. The number of rotatable bonds is 2. The van der Waals surface area contributed by atoms with Gasteiger partial charge in [-0.15, -0.1) is 0 Å². The summed E-state index contributed by atoms with van der Waals surface area (Å²) in [4.78, 5) is 0. The Morgan fingerprint density at radius 1 is 0.795 bits per heavy atom. The van der Waals surface area contributed by atoms with Gasteiger partial charge in [0.25, 0.3) is 0 Å². The van der Waals surface area contributed by atoms with Gasteiger partial charge in [-0.25, -0.2) is 0 Å². The molecule has 1 aromatic carbocycles. The smallest absolute Gasteiger partial charge is 1.00 e. The molecule has 5 fully saturated rings. The molecule has 4 bridgehead atoms. The summed E-state index contributed by atoms with van der Waals surface area (Å²) in [6.07, 6.45) is 30.2. The van der Waals surface area contributed by atoms with Crippen LogP contribution in [0.1, 0.15) is 81.8 Å². The number of hydrogen-bond acceptors (Lipinski definition) is 0. The Bertz CT molecular complexity index is 1350. The summed E-state index contributed by atoms with van der Waals surface area (Å²) >= 11 is -2.02. The van der Waals surface area contributed by atoms with Crippen molar-refractivity contribution in [3.8, 4) is 0 Å². The summed E-state index contributed by atoms with van der Waals surface area (Å²) in [5.74, 6) is 5.83. The number of fused-ring (bicyclic) bond motifs is 6. The zero-order valence-corrected chi connectivity index (χ0v) is 26.9. The van der Waals surface area contributed by atoms with Gasteiger partial charge in [0, 0.05) is 0 Å². The SMILES string of the molecule is C1=CC[C]([Zr+2](=[C]2C3CC4CC(C3)CC2C4)[CH]2CCCC3C2=C2Cc4ccccc4C2=C2C=CCCC23)=C1.[Cl-].[Cl-]. The summed E-state index contributed by atoms with van der Waals surface area (Å²) in [5, 5.41) is 0. The molecule has 0 nitrogen and oxygen atoms in total. The van der Waals surface area contributed by atoms with Crippen LogP contribution in [-0.4, -0.2) is 3.21 Å². The predicted molar refractivity (Wildman–Crippen MR) is 151 cm³/mol. The van der Waals surface area contributed by atoms with Crippen molar-refractivity contribution in [1.29, 1.82) is 0 Å². The van der Waals surface area contributed by atoms with Crippen LogP contribution in [0, 0.1) is 35.5 Å². The quantitative estimate of drug-likeness (QED) is 0.470. The van der Waals surface area contributed by atoms with E-state index in [0.717, 1.165) is 39.1 Å². The molecule has 0 spiro atoms. The van der Waals surface area contributed by atoms with E-state index in [9.17, 15) is 0 Å². The van der Waals surface area contributed by atoms with E-state index in [4.69, 9.17) is 0 Å². The van der Waals surface area contributed by atoms with Gasteiger partial charge in [0.1, 0.15) is 0 Å². The molecule has 9 aliphatic carbocycles. The van der Waals surface area contributed by atoms with Crippen molar-refractivity contribution in [2.45, 2.75) is 80.7 Å². The molecule has 0 saturated heterocycles. The standard InChI is InChI=1S/C21H21.C10H14.C5H5.2ClH.Zr/c1-2-8-15-14(7-1)13-20-18-11-4-3-9-16(18)17-10-5-6-12-19(17)21(15)20;1-7-2-9-4-8(1)5-10(3-7)6-9;1-2-4-5-3-1;;;/h1-2,6-8,11-12,16-17H,3-5,9-10,13H2;7-10H,1-5H2;1-3H,4H2;2*1H;/q;;;;;+2/p-2. The van der Waals surface area contributed by atoms with Gasteiger partial charge in [0.05, 0.1) is 0 Å². The Kier molecular flexibility index (Phi) is 7.31. The number of halogens is 2. The van der Waals surface area contributed by atoms with Gasteiger partial charge in [-0.3, -0.25) is 0 Å². The first-order valence-electron chi connectivity index (χ1n) is 15.7. The third kappa shape index (κ3) is 4.10. The van der Waals surface area contributed by atoms with E-state index in [0.29, 0.717) is 0 Å². The summed E-state index contributed by atoms with van der Waals surface area (Å²) in [6, 6.07) is 9.49. The molecular formula is C36H40Cl2Zr. The first-order valence-corrected chi connectivity index (χ1v) is 19.5. The maximum atomic E-state index is 2.65. The summed E-state index contributed by atoms with van der Waals surface area (Å²) in [5.41, 5.74) is 10.5. The molecule has 0 radical (unpaired) electrons. The Balaban J connectivity index is 0.00000127. The van der Waals surface area contributed by atoms with Crippen LogP contribution >= 0.6 is 0 Å². The molecule has 39 heavy (non-hydrogen) atoms. The van der Waals surface area contributed by atoms with E-state index in [1.165, 1.54) is 44.9 Å². The van der Waals surface area contributed by atoms with Gasteiger partial charge in [0.2, 0.25) is 0 Å². The molecule has 0 amide bonds. The van der Waals surface area contributed by atoms with Crippen LogP contribution in [0.15, 0.2) is 74.6 Å². The van der Waals surface area contributed by atoms with E-state index < -0.39 is 21.3 Å². The van der Waals surface area contributed by atoms with Crippen molar-refractivity contribution in [1.82, 2.24) is 0 Å². The average Bonchev–Trinajstić information content (AvgIpc) is 3.59. The first kappa shape index (κ1) is 27.1. The second-order valence-electron chi connectivity index (χ2n) is 13.8. The Morgan fingerprint density at radius 3 is 2.36 bits per heavy atom. The first-order chi connectivity index (χ1) is 18.3. The number of benzene rings is 1. The molecule has 9 aliphatic rings. The largest absolute Gasteiger partial charge is 1.00 e. The zero-order chi connectivity index (χ0) is 24.1. The Hall–Kier alpha value is -0.747. The number of allylic oxidation sites excluding steroid dienone is 10. The van der Waals surface area contributed by atoms with Crippen LogP contribution in [0.25, 0.3) is 5.57 Å². The summed E-state index contributed by atoms with van der Waals surface area (Å²) < 4.78 is 5.20. The van der Waals surface area contributed by atoms with Crippen LogP contribution in [0.5, 0.6) is 0 Å². The van der Waals surface area contributed by atoms with Crippen LogP contribution in [0.4, 0.5) is 0 Å². The van der Waals surface area contributed by atoms with E-state index >= 15 is 0 Å². The molecular weight excluding hydrogens is 595 g/mol. The topological polar surface area (TPSA) is 0 Å². The number of hydrogen-bond donors (Lipinski definition) is 0. The third-order valence-corrected chi connectivity index (χ3v) is 21.3. The molecule has 3 heteroatoms. The molecule has 10 rings (SSSR count). The van der Waals surface area contributed by atoms with Crippen LogP contribution in [0.3, 0.4) is 0 Å². The van der Waals surface area contributed by atoms with Gasteiger partial charge in [-0.05, 0) is 0 Å². The molecule has 3 atom stereocenters.